The van der Waals surface area contributed by atoms with Gasteiger partial charge < -0.3 is 10.1 Å². The fourth-order valence-corrected chi connectivity index (χ4v) is 4.85. The van der Waals surface area contributed by atoms with E-state index in [0.717, 1.165) is 12.1 Å². The molecule has 36 heavy (non-hydrogen) atoms. The number of alkyl halides is 2. The van der Waals surface area contributed by atoms with Gasteiger partial charge >= 0.3 is 0 Å². The van der Waals surface area contributed by atoms with Gasteiger partial charge in [0.2, 0.25) is 5.88 Å². The van der Waals surface area contributed by atoms with E-state index in [4.69, 9.17) is 4.74 Å². The van der Waals surface area contributed by atoms with E-state index in [2.05, 4.69) is 30.2 Å². The highest BCUT2D eigenvalue weighted by Gasteiger charge is 2.44. The van der Waals surface area contributed by atoms with Crippen molar-refractivity contribution in [2.45, 2.75) is 23.3 Å². The maximum Gasteiger partial charge on any atom is 0.296 e. The predicted molar refractivity (Wildman–Crippen MR) is 121 cm³/mol. The van der Waals surface area contributed by atoms with Gasteiger partial charge in [0.05, 0.1) is 12.7 Å². The first-order valence-electron chi connectivity index (χ1n) is 10.7. The first-order chi connectivity index (χ1) is 17.1. The van der Waals surface area contributed by atoms with E-state index in [1.165, 1.54) is 30.5 Å². The molecule has 2 aromatic carbocycles. The lowest BCUT2D eigenvalue weighted by Crippen LogP contribution is -2.52. The molecule has 14 heteroatoms. The number of hydrogen-bond acceptors (Lipinski definition) is 7. The van der Waals surface area contributed by atoms with Gasteiger partial charge in [-0.15, -0.1) is 0 Å². The summed E-state index contributed by atoms with van der Waals surface area (Å²) in [7, 11) is -4.41. The summed E-state index contributed by atoms with van der Waals surface area (Å²) in [6, 6.07) is 7.78. The molecule has 3 N–H and O–H groups in total. The average molecular weight is 522 g/mol. The van der Waals surface area contributed by atoms with Gasteiger partial charge in [-0.1, -0.05) is 0 Å². The molecule has 1 unspecified atom stereocenters. The van der Waals surface area contributed by atoms with Crippen LogP contribution < -0.4 is 14.8 Å². The molecule has 9 nitrogen and oxygen atoms in total. The topological polar surface area (TPSA) is 122 Å². The maximum absolute atomic E-state index is 14.3. The number of ether oxygens (including phenoxy) is 1. The van der Waals surface area contributed by atoms with Crippen molar-refractivity contribution in [1.82, 2.24) is 25.5 Å². The molecule has 2 aromatic heterocycles. The van der Waals surface area contributed by atoms with Crippen molar-refractivity contribution in [1.29, 1.82) is 0 Å². The molecule has 5 rings (SSSR count). The van der Waals surface area contributed by atoms with Crippen molar-refractivity contribution in [3.8, 4) is 17.3 Å². The number of hydrogen-bond donors (Lipinski definition) is 3. The molecule has 0 radical (unpaired) electrons. The average Bonchev–Trinajstić information content (AvgIpc) is 3.31. The van der Waals surface area contributed by atoms with Gasteiger partial charge in [0, 0.05) is 17.7 Å². The first kappa shape index (κ1) is 23.9. The zero-order chi connectivity index (χ0) is 25.5. The number of piperidine rings is 1. The van der Waals surface area contributed by atoms with E-state index >= 15 is 0 Å². The number of aromatic amines is 1. The van der Waals surface area contributed by atoms with Crippen LogP contribution in [0.15, 0.2) is 53.6 Å². The van der Waals surface area contributed by atoms with Crippen LogP contribution in [-0.2, 0) is 10.0 Å². The number of rotatable bonds is 6. The summed E-state index contributed by atoms with van der Waals surface area (Å²) in [6.45, 7) is -0.148. The van der Waals surface area contributed by atoms with Crippen LogP contribution >= 0.6 is 0 Å². The second-order valence-corrected chi connectivity index (χ2v) is 9.73. The van der Waals surface area contributed by atoms with Gasteiger partial charge in [0.15, 0.2) is 17.6 Å². The normalized spacial score (nSPS) is 17.7. The van der Waals surface area contributed by atoms with Gasteiger partial charge in [0.1, 0.15) is 21.9 Å². The Kier molecular flexibility index (Phi) is 6.00. The summed E-state index contributed by atoms with van der Waals surface area (Å²) in [4.78, 5) is 7.79. The van der Waals surface area contributed by atoms with Gasteiger partial charge in [-0.05, 0) is 49.0 Å². The summed E-state index contributed by atoms with van der Waals surface area (Å²) in [5.41, 5.74) is 0.739. The van der Waals surface area contributed by atoms with Crippen molar-refractivity contribution in [2.75, 3.05) is 17.8 Å². The fraction of sp³-hybridized carbons (Fsp3) is 0.227. The molecule has 0 saturated carbocycles. The van der Waals surface area contributed by atoms with Crippen molar-refractivity contribution in [3.63, 3.8) is 0 Å². The number of anilines is 1. The first-order valence-corrected chi connectivity index (χ1v) is 12.2. The third-order valence-corrected chi connectivity index (χ3v) is 6.92. The van der Waals surface area contributed by atoms with Crippen LogP contribution in [0.2, 0.25) is 0 Å². The third-order valence-electron chi connectivity index (χ3n) is 5.52. The zero-order valence-corrected chi connectivity index (χ0v) is 19.1. The van der Waals surface area contributed by atoms with E-state index in [1.54, 1.807) is 0 Å². The smallest absolute Gasteiger partial charge is 0.296 e. The largest absolute Gasteiger partial charge is 0.467 e. The molecule has 0 amide bonds. The van der Waals surface area contributed by atoms with Crippen molar-refractivity contribution in [2.24, 2.45) is 0 Å². The minimum atomic E-state index is -4.41. The van der Waals surface area contributed by atoms with E-state index < -0.39 is 45.1 Å². The van der Waals surface area contributed by atoms with E-state index in [1.807, 2.05) is 0 Å². The van der Waals surface area contributed by atoms with E-state index in [9.17, 15) is 26.0 Å². The Bertz CT molecular complexity index is 1530. The Balaban J connectivity index is 1.42. The molecule has 4 aromatic rings. The highest BCUT2D eigenvalue weighted by molar-refractivity contribution is 7.92. The lowest BCUT2D eigenvalue weighted by Gasteiger charge is -2.31. The van der Waals surface area contributed by atoms with E-state index in [0.29, 0.717) is 23.6 Å². The molecule has 0 bridgehead atoms. The summed E-state index contributed by atoms with van der Waals surface area (Å²) < 4.78 is 88.7. The SMILES string of the molecule is O=S(=O)(Nc1ccc(-c2nc(OC3CCNCC3(F)F)c3cn[nH]c3n2)cc1)c1cc(F)ccc1F. The number of nitrogens with zero attached hydrogens (tertiary/aromatic N) is 3. The summed E-state index contributed by atoms with van der Waals surface area (Å²) in [5, 5.41) is 9.50. The number of H-pyrrole nitrogens is 1. The highest BCUT2D eigenvalue weighted by Crippen LogP contribution is 2.32. The Hall–Kier alpha value is -3.78. The van der Waals surface area contributed by atoms with Gasteiger partial charge in [0.25, 0.3) is 15.9 Å². The number of benzene rings is 2. The number of nitrogens with one attached hydrogen (secondary N) is 3. The van der Waals surface area contributed by atoms with Crippen LogP contribution in [0, 0.1) is 11.6 Å². The number of sulfonamides is 1. The maximum atomic E-state index is 14.3. The van der Waals surface area contributed by atoms with Crippen molar-refractivity contribution >= 4 is 26.7 Å². The lowest BCUT2D eigenvalue weighted by molar-refractivity contribution is -0.109. The Morgan fingerprint density at radius 1 is 1.08 bits per heavy atom. The van der Waals surface area contributed by atoms with Crippen LogP contribution in [0.3, 0.4) is 0 Å². The fourth-order valence-electron chi connectivity index (χ4n) is 3.70. The molecule has 1 aliphatic rings. The summed E-state index contributed by atoms with van der Waals surface area (Å²) in [5.74, 6) is -5.06. The molecule has 1 fully saturated rings. The monoisotopic (exact) mass is 522 g/mol. The lowest BCUT2D eigenvalue weighted by atomic mass is 10.1. The van der Waals surface area contributed by atoms with Crippen molar-refractivity contribution < 1.29 is 30.7 Å². The number of fused-ring (bicyclic) bond motifs is 1. The van der Waals surface area contributed by atoms with Gasteiger partial charge in [-0.25, -0.2) is 31.0 Å². The number of aromatic nitrogens is 4. The molecular weight excluding hydrogens is 504 g/mol. The Morgan fingerprint density at radius 3 is 2.61 bits per heavy atom. The quantitative estimate of drug-likeness (QED) is 0.332. The molecule has 1 atom stereocenters. The van der Waals surface area contributed by atoms with Crippen molar-refractivity contribution in [3.05, 3.63) is 60.3 Å². The standard InChI is InChI=1S/C22H18F4N6O3S/c23-13-3-6-16(24)17(9-13)36(33,34)32-14-4-1-12(2-5-14)19-29-20-15(10-28-31-20)21(30-19)35-18-7-8-27-11-22(18,25)26/h1-6,9-10,18,27,32H,7-8,11H2,(H,28,29,30,31). The summed E-state index contributed by atoms with van der Waals surface area (Å²) in [6.07, 6.45) is 0.0587. The van der Waals surface area contributed by atoms with Gasteiger partial charge in [-0.2, -0.15) is 10.1 Å². The summed E-state index contributed by atoms with van der Waals surface area (Å²) >= 11 is 0. The molecule has 0 aliphatic carbocycles. The zero-order valence-electron chi connectivity index (χ0n) is 18.3. The number of halogens is 4. The van der Waals surface area contributed by atoms with Crippen LogP contribution in [0.1, 0.15) is 6.42 Å². The second kappa shape index (κ2) is 9.02. The van der Waals surface area contributed by atoms with Gasteiger partial charge in [-0.3, -0.25) is 9.82 Å². The second-order valence-electron chi connectivity index (χ2n) is 8.08. The molecular formula is C22H18F4N6O3S. The third kappa shape index (κ3) is 4.68. The van der Waals surface area contributed by atoms with Crippen LogP contribution in [0.5, 0.6) is 5.88 Å². The highest BCUT2D eigenvalue weighted by atomic mass is 32.2. The molecule has 1 saturated heterocycles. The molecule has 1 aliphatic heterocycles. The minimum absolute atomic E-state index is 0.0656. The Morgan fingerprint density at radius 2 is 1.86 bits per heavy atom. The van der Waals surface area contributed by atoms with Crippen LogP contribution in [-0.4, -0.2) is 53.7 Å². The Labute approximate surface area is 202 Å². The minimum Gasteiger partial charge on any atom is -0.467 e. The van der Waals surface area contributed by atoms with Crippen LogP contribution in [0.25, 0.3) is 22.4 Å². The van der Waals surface area contributed by atoms with Crippen LogP contribution in [0.4, 0.5) is 23.2 Å². The molecule has 3 heterocycles. The predicted octanol–water partition coefficient (Wildman–Crippen LogP) is 3.47. The molecule has 0 spiro atoms. The molecule has 188 valence electrons. The van der Waals surface area contributed by atoms with E-state index in [-0.39, 0.29) is 29.5 Å².